The summed E-state index contributed by atoms with van der Waals surface area (Å²) in [5, 5.41) is 1.91. The van der Waals surface area contributed by atoms with Crippen molar-refractivity contribution in [2.75, 3.05) is 0 Å². The number of hydrogen-bond donors (Lipinski definition) is 0. The molecule has 0 aliphatic carbocycles. The van der Waals surface area contributed by atoms with Crippen LogP contribution < -0.4 is 0 Å². The van der Waals surface area contributed by atoms with E-state index in [1.807, 2.05) is 0 Å². The van der Waals surface area contributed by atoms with Gasteiger partial charge >= 0.3 is 0 Å². The van der Waals surface area contributed by atoms with E-state index >= 15 is 0 Å². The fourth-order valence-electron chi connectivity index (χ4n) is 1.81. The maximum atomic E-state index is 4.04. The molecule has 0 aromatic carbocycles. The Labute approximate surface area is 60.7 Å². The maximum Gasteiger partial charge on any atom is 0.00874 e. The summed E-state index contributed by atoms with van der Waals surface area (Å²) in [6.45, 7) is 4.04. The van der Waals surface area contributed by atoms with Crippen molar-refractivity contribution in [2.45, 2.75) is 36.2 Å². The average Bonchev–Trinajstić information content (AvgIpc) is 2.11. The van der Waals surface area contributed by atoms with Crippen LogP contribution in [0.15, 0.2) is 12.2 Å². The summed E-state index contributed by atoms with van der Waals surface area (Å²) in [5.74, 6) is 0. The van der Waals surface area contributed by atoms with E-state index in [2.05, 4.69) is 18.3 Å². The molecule has 2 atom stereocenters. The normalized spacial score (nSPS) is 41.6. The van der Waals surface area contributed by atoms with Gasteiger partial charge in [0.05, 0.1) is 0 Å². The first-order chi connectivity index (χ1) is 4.34. The lowest BCUT2D eigenvalue weighted by Crippen LogP contribution is -2.07. The van der Waals surface area contributed by atoms with Crippen molar-refractivity contribution in [1.82, 2.24) is 0 Å². The highest BCUT2D eigenvalue weighted by Gasteiger charge is 2.30. The van der Waals surface area contributed by atoms with Crippen molar-refractivity contribution in [3.63, 3.8) is 0 Å². The Morgan fingerprint density at radius 1 is 1.22 bits per heavy atom. The molecule has 50 valence electrons. The Kier molecular flexibility index (Phi) is 1.33. The van der Waals surface area contributed by atoms with E-state index in [0.717, 1.165) is 10.5 Å². The molecule has 2 rings (SSSR count). The SMILES string of the molecule is C=C1CC2CCC(C1)S2. The molecular weight excluding hydrogens is 128 g/mol. The van der Waals surface area contributed by atoms with Gasteiger partial charge in [0.1, 0.15) is 0 Å². The summed E-state index contributed by atoms with van der Waals surface area (Å²) in [6.07, 6.45) is 5.52. The van der Waals surface area contributed by atoms with E-state index in [-0.39, 0.29) is 0 Å². The molecule has 0 aromatic heterocycles. The lowest BCUT2D eigenvalue weighted by molar-refractivity contribution is 0.777. The van der Waals surface area contributed by atoms with Crippen LogP contribution in [0.3, 0.4) is 0 Å². The van der Waals surface area contributed by atoms with E-state index in [1.165, 1.54) is 31.3 Å². The van der Waals surface area contributed by atoms with Gasteiger partial charge in [-0.15, -0.1) is 0 Å². The van der Waals surface area contributed by atoms with Crippen LogP contribution in [-0.4, -0.2) is 10.5 Å². The zero-order valence-corrected chi connectivity index (χ0v) is 6.41. The lowest BCUT2D eigenvalue weighted by Gasteiger charge is -2.19. The number of rotatable bonds is 0. The minimum Gasteiger partial charge on any atom is -0.154 e. The van der Waals surface area contributed by atoms with Crippen molar-refractivity contribution in [1.29, 1.82) is 0 Å². The van der Waals surface area contributed by atoms with Crippen molar-refractivity contribution in [3.8, 4) is 0 Å². The molecule has 9 heavy (non-hydrogen) atoms. The highest BCUT2D eigenvalue weighted by atomic mass is 32.2. The molecular formula is C8H12S. The molecule has 2 fully saturated rings. The number of hydrogen-bond acceptors (Lipinski definition) is 1. The van der Waals surface area contributed by atoms with Crippen molar-refractivity contribution >= 4 is 11.8 Å². The highest BCUT2D eigenvalue weighted by molar-refractivity contribution is 8.00. The molecule has 2 saturated heterocycles. The number of allylic oxidation sites excluding steroid dienone is 1. The summed E-state index contributed by atoms with van der Waals surface area (Å²) in [6, 6.07) is 0. The summed E-state index contributed by atoms with van der Waals surface area (Å²) in [5.41, 5.74) is 1.50. The third-order valence-electron chi connectivity index (χ3n) is 2.23. The van der Waals surface area contributed by atoms with E-state index in [0.29, 0.717) is 0 Å². The van der Waals surface area contributed by atoms with Gasteiger partial charge in [-0.05, 0) is 25.7 Å². The smallest absolute Gasteiger partial charge is 0.00874 e. The predicted molar refractivity (Wildman–Crippen MR) is 42.8 cm³/mol. The maximum absolute atomic E-state index is 4.04. The van der Waals surface area contributed by atoms with Crippen LogP contribution in [-0.2, 0) is 0 Å². The molecule has 0 aromatic rings. The summed E-state index contributed by atoms with van der Waals surface area (Å²) in [4.78, 5) is 0. The standard InChI is InChI=1S/C8H12S/c1-6-4-7-2-3-8(5-6)9-7/h7-8H,1-5H2. The molecule has 2 bridgehead atoms. The number of thioether (sulfide) groups is 1. The Hall–Kier alpha value is 0.0900. The fourth-order valence-corrected chi connectivity index (χ4v) is 3.56. The first kappa shape index (κ1) is 5.84. The van der Waals surface area contributed by atoms with Crippen molar-refractivity contribution < 1.29 is 0 Å². The molecule has 0 saturated carbocycles. The summed E-state index contributed by atoms with van der Waals surface area (Å²) in [7, 11) is 0. The van der Waals surface area contributed by atoms with Crippen LogP contribution in [0.4, 0.5) is 0 Å². The van der Waals surface area contributed by atoms with Gasteiger partial charge in [-0.1, -0.05) is 12.2 Å². The minimum atomic E-state index is 0.955. The van der Waals surface area contributed by atoms with Crippen LogP contribution in [0.5, 0.6) is 0 Å². The number of fused-ring (bicyclic) bond motifs is 2. The minimum absolute atomic E-state index is 0.955. The van der Waals surface area contributed by atoms with E-state index in [1.54, 1.807) is 0 Å². The van der Waals surface area contributed by atoms with Crippen LogP contribution >= 0.6 is 11.8 Å². The Bertz CT molecular complexity index is 126. The second kappa shape index (κ2) is 2.05. The Morgan fingerprint density at radius 2 is 1.78 bits per heavy atom. The van der Waals surface area contributed by atoms with Crippen LogP contribution in [0, 0.1) is 0 Å². The zero-order valence-electron chi connectivity index (χ0n) is 5.60. The Balaban J connectivity index is 2.11. The zero-order chi connectivity index (χ0) is 6.27. The van der Waals surface area contributed by atoms with Gasteiger partial charge < -0.3 is 0 Å². The molecule has 2 aliphatic heterocycles. The second-order valence-electron chi connectivity index (χ2n) is 3.12. The van der Waals surface area contributed by atoms with Gasteiger partial charge in [0.15, 0.2) is 0 Å². The van der Waals surface area contributed by atoms with Gasteiger partial charge in [-0.3, -0.25) is 0 Å². The molecule has 0 spiro atoms. The topological polar surface area (TPSA) is 0 Å². The lowest BCUT2D eigenvalue weighted by atomic mass is 10.1. The molecule has 0 nitrogen and oxygen atoms in total. The highest BCUT2D eigenvalue weighted by Crippen LogP contribution is 2.44. The van der Waals surface area contributed by atoms with Crippen LogP contribution in [0.1, 0.15) is 25.7 Å². The van der Waals surface area contributed by atoms with E-state index in [4.69, 9.17) is 0 Å². The van der Waals surface area contributed by atoms with Crippen molar-refractivity contribution in [3.05, 3.63) is 12.2 Å². The van der Waals surface area contributed by atoms with Crippen molar-refractivity contribution in [2.24, 2.45) is 0 Å². The molecule has 2 aliphatic rings. The van der Waals surface area contributed by atoms with Gasteiger partial charge in [0.2, 0.25) is 0 Å². The fraction of sp³-hybridized carbons (Fsp3) is 0.750. The van der Waals surface area contributed by atoms with E-state index in [9.17, 15) is 0 Å². The quantitative estimate of drug-likeness (QED) is 0.466. The monoisotopic (exact) mass is 140 g/mol. The molecule has 2 unspecified atom stereocenters. The molecule has 2 heterocycles. The first-order valence-electron chi connectivity index (χ1n) is 3.67. The average molecular weight is 140 g/mol. The van der Waals surface area contributed by atoms with Gasteiger partial charge in [-0.25, -0.2) is 0 Å². The third kappa shape index (κ3) is 1.03. The third-order valence-corrected chi connectivity index (χ3v) is 3.80. The Morgan fingerprint density at radius 3 is 2.33 bits per heavy atom. The van der Waals surface area contributed by atoms with E-state index < -0.39 is 0 Å². The van der Waals surface area contributed by atoms with Gasteiger partial charge in [0.25, 0.3) is 0 Å². The van der Waals surface area contributed by atoms with Gasteiger partial charge in [-0.2, -0.15) is 11.8 Å². The van der Waals surface area contributed by atoms with Gasteiger partial charge in [0, 0.05) is 10.5 Å². The molecule has 0 N–H and O–H groups in total. The molecule has 0 amide bonds. The second-order valence-corrected chi connectivity index (χ2v) is 4.72. The van der Waals surface area contributed by atoms with Crippen LogP contribution in [0.2, 0.25) is 0 Å². The van der Waals surface area contributed by atoms with Crippen LogP contribution in [0.25, 0.3) is 0 Å². The first-order valence-corrected chi connectivity index (χ1v) is 4.61. The summed E-state index contributed by atoms with van der Waals surface area (Å²) < 4.78 is 0. The summed E-state index contributed by atoms with van der Waals surface area (Å²) >= 11 is 2.20. The molecule has 0 radical (unpaired) electrons. The largest absolute Gasteiger partial charge is 0.154 e. The predicted octanol–water partition coefficient (Wildman–Crippen LogP) is 2.60. The molecule has 1 heteroatoms.